The molecule has 0 aliphatic carbocycles. The van der Waals surface area contributed by atoms with Gasteiger partial charge in [-0.2, -0.15) is 8.42 Å². The van der Waals surface area contributed by atoms with Crippen molar-refractivity contribution in [1.82, 2.24) is 19.9 Å². The second-order valence-corrected chi connectivity index (χ2v) is 20.7. The van der Waals surface area contributed by atoms with Crippen LogP contribution in [0.5, 0.6) is 0 Å². The molecule has 0 aromatic carbocycles. The van der Waals surface area contributed by atoms with E-state index in [0.717, 1.165) is 5.41 Å². The van der Waals surface area contributed by atoms with Gasteiger partial charge in [0.05, 0.1) is 23.9 Å². The Bertz CT molecular complexity index is 1050. The number of hydrogen-bond donors (Lipinski definition) is 1. The van der Waals surface area contributed by atoms with Gasteiger partial charge in [-0.1, -0.05) is 5.21 Å². The Morgan fingerprint density at radius 3 is 2.36 bits per heavy atom. The number of carbonyl (C=O) groups is 1. The lowest BCUT2D eigenvalue weighted by molar-refractivity contribution is -0.0594. The summed E-state index contributed by atoms with van der Waals surface area (Å²) in [5.41, 5.74) is 4.74. The SMILES string of the molecule is CN(C)C(=O)c1cnnn1[C@@H]1O[C@H](CO[Si](C)(C)C)C2(OS(=O)(=O)C=C2N)[C@H]1O[Si](C)(C)C. The molecule has 1 amide bonds. The van der Waals surface area contributed by atoms with Crippen LogP contribution in [0.4, 0.5) is 0 Å². The largest absolute Gasteiger partial charge is 0.415 e. The van der Waals surface area contributed by atoms with Crippen molar-refractivity contribution >= 4 is 32.7 Å². The molecule has 1 fully saturated rings. The van der Waals surface area contributed by atoms with Gasteiger partial charge in [0.1, 0.15) is 17.9 Å². The summed E-state index contributed by atoms with van der Waals surface area (Å²) in [6, 6.07) is 0. The van der Waals surface area contributed by atoms with E-state index < -0.39 is 50.8 Å². The number of ether oxygens (including phenoxy) is 1. The van der Waals surface area contributed by atoms with Crippen molar-refractivity contribution in [3.8, 4) is 0 Å². The van der Waals surface area contributed by atoms with Gasteiger partial charge >= 0.3 is 0 Å². The fraction of sp³-hybridized carbons (Fsp3) is 0.722. The van der Waals surface area contributed by atoms with E-state index in [4.69, 9.17) is 23.5 Å². The van der Waals surface area contributed by atoms with Crippen LogP contribution in [0.1, 0.15) is 16.7 Å². The molecular formula is C18H33N5O7SSi2. The van der Waals surface area contributed by atoms with Crippen LogP contribution in [0.3, 0.4) is 0 Å². The van der Waals surface area contributed by atoms with Gasteiger partial charge in [-0.3, -0.25) is 4.79 Å². The van der Waals surface area contributed by atoms with Gasteiger partial charge in [-0.05, 0) is 39.3 Å². The van der Waals surface area contributed by atoms with Gasteiger partial charge in [0.25, 0.3) is 16.0 Å². The van der Waals surface area contributed by atoms with E-state index in [1.165, 1.54) is 15.8 Å². The molecular weight excluding hydrogens is 486 g/mol. The molecule has 0 radical (unpaired) electrons. The van der Waals surface area contributed by atoms with Gasteiger partial charge in [0, 0.05) is 14.1 Å². The maximum Gasteiger partial charge on any atom is 0.292 e. The minimum atomic E-state index is -4.09. The lowest BCUT2D eigenvalue weighted by atomic mass is 9.89. The molecule has 15 heteroatoms. The number of carbonyl (C=O) groups excluding carboxylic acids is 1. The molecule has 2 aliphatic rings. The average molecular weight is 520 g/mol. The molecule has 3 rings (SSSR count). The molecule has 3 heterocycles. The van der Waals surface area contributed by atoms with Crippen molar-refractivity contribution in [3.63, 3.8) is 0 Å². The first-order valence-electron chi connectivity index (χ1n) is 10.5. The van der Waals surface area contributed by atoms with Crippen LogP contribution in [-0.4, -0.2) is 89.4 Å². The first-order valence-corrected chi connectivity index (χ1v) is 18.8. The van der Waals surface area contributed by atoms with Crippen molar-refractivity contribution in [2.45, 2.75) is 63.3 Å². The quantitative estimate of drug-likeness (QED) is 0.406. The second-order valence-electron chi connectivity index (χ2n) is 10.3. The van der Waals surface area contributed by atoms with Crippen molar-refractivity contribution < 1.29 is 31.0 Å². The first kappa shape index (κ1) is 26.0. The third-order valence-electron chi connectivity index (χ3n) is 5.03. The van der Waals surface area contributed by atoms with Crippen LogP contribution < -0.4 is 5.73 Å². The van der Waals surface area contributed by atoms with Gasteiger partial charge in [0.15, 0.2) is 28.5 Å². The van der Waals surface area contributed by atoms with Crippen LogP contribution >= 0.6 is 0 Å². The normalized spacial score (nSPS) is 29.5. The van der Waals surface area contributed by atoms with E-state index in [9.17, 15) is 13.2 Å². The number of nitrogens with two attached hydrogens (primary N) is 1. The zero-order valence-corrected chi connectivity index (χ0v) is 23.0. The number of rotatable bonds is 7. The minimum Gasteiger partial charge on any atom is -0.415 e. The Kier molecular flexibility index (Phi) is 6.73. The zero-order valence-electron chi connectivity index (χ0n) is 20.2. The molecule has 1 spiro atoms. The smallest absolute Gasteiger partial charge is 0.292 e. The standard InChI is InChI=1S/C18H33N5O7SSi2/c1-22(2)16(24)12-9-20-21-23(12)17-15(29-33(6,7)8)18(13(19)11-31(25,26)30-18)14(28-17)10-27-32(3,4)5/h9,11,14-15,17H,10,19H2,1-8H3/t14-,15+,17-,18?/m1/s1. The molecule has 186 valence electrons. The van der Waals surface area contributed by atoms with Gasteiger partial charge in [0.2, 0.25) is 0 Å². The highest BCUT2D eigenvalue weighted by Gasteiger charge is 2.66. The van der Waals surface area contributed by atoms with Crippen LogP contribution in [0.15, 0.2) is 17.3 Å². The van der Waals surface area contributed by atoms with Gasteiger partial charge in [-0.15, -0.1) is 5.10 Å². The highest BCUT2D eigenvalue weighted by Crippen LogP contribution is 2.49. The van der Waals surface area contributed by atoms with Crippen molar-refractivity contribution in [2.24, 2.45) is 5.73 Å². The van der Waals surface area contributed by atoms with Gasteiger partial charge < -0.3 is 24.2 Å². The first-order chi connectivity index (χ1) is 15.0. The van der Waals surface area contributed by atoms with Crippen molar-refractivity contribution in [2.75, 3.05) is 20.7 Å². The highest BCUT2D eigenvalue weighted by atomic mass is 32.2. The van der Waals surface area contributed by atoms with E-state index in [1.54, 1.807) is 14.1 Å². The third-order valence-corrected chi connectivity index (χ3v) is 8.07. The fourth-order valence-electron chi connectivity index (χ4n) is 3.71. The number of amides is 1. The molecule has 0 saturated carbocycles. The van der Waals surface area contributed by atoms with E-state index in [1.807, 2.05) is 39.3 Å². The maximum absolute atomic E-state index is 12.7. The molecule has 1 unspecified atom stereocenters. The molecule has 4 atom stereocenters. The van der Waals surface area contributed by atoms with Crippen LogP contribution in [0, 0.1) is 0 Å². The Labute approximate surface area is 196 Å². The van der Waals surface area contributed by atoms with Crippen LogP contribution in [0.2, 0.25) is 39.3 Å². The minimum absolute atomic E-state index is 0.0213. The van der Waals surface area contributed by atoms with Crippen molar-refractivity contribution in [3.05, 3.63) is 23.0 Å². The maximum atomic E-state index is 12.7. The number of nitrogens with zero attached hydrogens (tertiary/aromatic N) is 4. The zero-order chi connectivity index (χ0) is 25.0. The number of aromatic nitrogens is 3. The monoisotopic (exact) mass is 519 g/mol. The van der Waals surface area contributed by atoms with Crippen LogP contribution in [0.25, 0.3) is 0 Å². The summed E-state index contributed by atoms with van der Waals surface area (Å²) in [5, 5.41) is 8.84. The second kappa shape index (κ2) is 8.55. The topological polar surface area (TPSA) is 148 Å². The predicted molar refractivity (Wildman–Crippen MR) is 124 cm³/mol. The van der Waals surface area contributed by atoms with E-state index >= 15 is 0 Å². The summed E-state index contributed by atoms with van der Waals surface area (Å²) < 4.78 is 50.8. The Morgan fingerprint density at radius 1 is 1.24 bits per heavy atom. The molecule has 1 aromatic rings. The molecule has 2 aliphatic heterocycles. The average Bonchev–Trinajstić information content (AvgIpc) is 3.27. The van der Waals surface area contributed by atoms with E-state index in [-0.39, 0.29) is 23.9 Å². The summed E-state index contributed by atoms with van der Waals surface area (Å²) in [6.45, 7) is 11.9. The summed E-state index contributed by atoms with van der Waals surface area (Å²) in [5.74, 6) is -0.352. The number of hydrogen-bond acceptors (Lipinski definition) is 10. The Hall–Kier alpha value is -1.63. The fourth-order valence-corrected chi connectivity index (χ4v) is 6.64. The lowest BCUT2D eigenvalue weighted by Crippen LogP contribution is -2.57. The predicted octanol–water partition coefficient (Wildman–Crippen LogP) is 0.848. The third kappa shape index (κ3) is 5.23. The van der Waals surface area contributed by atoms with Crippen LogP contribution in [-0.2, 0) is 27.9 Å². The summed E-state index contributed by atoms with van der Waals surface area (Å²) in [4.78, 5) is 14.1. The van der Waals surface area contributed by atoms with Gasteiger partial charge in [-0.25, -0.2) is 8.86 Å². The summed E-state index contributed by atoms with van der Waals surface area (Å²) in [7, 11) is -5.24. The molecule has 1 aromatic heterocycles. The highest BCUT2D eigenvalue weighted by molar-refractivity contribution is 7.90. The van der Waals surface area contributed by atoms with E-state index in [2.05, 4.69) is 10.3 Å². The molecule has 1 saturated heterocycles. The molecule has 2 N–H and O–H groups in total. The molecule has 33 heavy (non-hydrogen) atoms. The molecule has 12 nitrogen and oxygen atoms in total. The molecule has 0 bridgehead atoms. The van der Waals surface area contributed by atoms with Crippen molar-refractivity contribution in [1.29, 1.82) is 0 Å². The Balaban J connectivity index is 2.16. The Morgan fingerprint density at radius 2 is 1.88 bits per heavy atom. The summed E-state index contributed by atoms with van der Waals surface area (Å²) >= 11 is 0. The van der Waals surface area contributed by atoms with E-state index in [0.29, 0.717) is 0 Å². The lowest BCUT2D eigenvalue weighted by Gasteiger charge is -2.37. The summed E-state index contributed by atoms with van der Waals surface area (Å²) in [6.07, 6.45) is -1.67.